The molecule has 190 valence electrons. The molecule has 9 heteroatoms. The summed E-state index contributed by atoms with van der Waals surface area (Å²) >= 11 is 0. The number of carbonyl (C=O) groups is 1. The number of nitrogens with one attached hydrogen (secondary N) is 1. The first kappa shape index (κ1) is 23.2. The molecule has 9 nitrogen and oxygen atoms in total. The highest BCUT2D eigenvalue weighted by Crippen LogP contribution is 2.56. The molecule has 0 aliphatic heterocycles. The zero-order valence-corrected chi connectivity index (χ0v) is 21.3. The van der Waals surface area contributed by atoms with Crippen molar-refractivity contribution in [3.63, 3.8) is 0 Å². The quantitative estimate of drug-likeness (QED) is 0.470. The van der Waals surface area contributed by atoms with Crippen LogP contribution >= 0.6 is 0 Å². The van der Waals surface area contributed by atoms with Crippen LogP contribution in [0.15, 0.2) is 30.5 Å². The monoisotopic (exact) mass is 490 g/mol. The molecule has 7 rings (SSSR count). The zero-order chi connectivity index (χ0) is 25.4. The largest absolute Gasteiger partial charge is 0.463 e. The van der Waals surface area contributed by atoms with Gasteiger partial charge in [0, 0.05) is 41.0 Å². The number of hydrogen-bond acceptors (Lipinski definition) is 7. The summed E-state index contributed by atoms with van der Waals surface area (Å²) in [6, 6.07) is 7.95. The van der Waals surface area contributed by atoms with Crippen molar-refractivity contribution in [2.45, 2.75) is 77.0 Å². The summed E-state index contributed by atoms with van der Waals surface area (Å²) in [6.45, 7) is 7.89. The van der Waals surface area contributed by atoms with Crippen LogP contribution in [-0.2, 0) is 0 Å². The van der Waals surface area contributed by atoms with Crippen LogP contribution in [0.25, 0.3) is 10.9 Å². The highest BCUT2D eigenvalue weighted by molar-refractivity contribution is 5.92. The van der Waals surface area contributed by atoms with Crippen LogP contribution in [0.1, 0.15) is 58.6 Å². The Morgan fingerprint density at radius 2 is 1.89 bits per heavy atom. The number of fused-ring (bicyclic) bond motifs is 1. The molecule has 4 aliphatic rings. The van der Waals surface area contributed by atoms with Crippen molar-refractivity contribution in [2.75, 3.05) is 10.2 Å². The van der Waals surface area contributed by atoms with Gasteiger partial charge >= 0.3 is 6.09 Å². The van der Waals surface area contributed by atoms with Crippen LogP contribution in [-0.4, -0.2) is 53.2 Å². The fourth-order valence-corrected chi connectivity index (χ4v) is 7.23. The minimum absolute atomic E-state index is 0.268. The van der Waals surface area contributed by atoms with Gasteiger partial charge in [-0.1, -0.05) is 0 Å². The van der Waals surface area contributed by atoms with Gasteiger partial charge in [-0.05, 0) is 89.7 Å². The SMILES string of the molecule is Cc1cc(N(c2cc3ncccc3c(NC3C4CC5CC3CC(O)(C5)C4)n2)C(C)(C)C)nn1C(=O)O. The summed E-state index contributed by atoms with van der Waals surface area (Å²) in [5, 5.41) is 29.7. The molecule has 0 saturated heterocycles. The average Bonchev–Trinajstić information content (AvgIpc) is 3.15. The van der Waals surface area contributed by atoms with Crippen molar-refractivity contribution >= 4 is 34.4 Å². The zero-order valence-electron chi connectivity index (χ0n) is 21.3. The fraction of sp³-hybridized carbons (Fsp3) is 0.556. The summed E-state index contributed by atoms with van der Waals surface area (Å²) < 4.78 is 0.992. The van der Waals surface area contributed by atoms with Crippen molar-refractivity contribution in [1.82, 2.24) is 19.7 Å². The third-order valence-electron chi connectivity index (χ3n) is 8.31. The van der Waals surface area contributed by atoms with E-state index in [1.54, 1.807) is 19.2 Å². The molecule has 4 saturated carbocycles. The van der Waals surface area contributed by atoms with Gasteiger partial charge < -0.3 is 20.4 Å². The van der Waals surface area contributed by atoms with Crippen LogP contribution in [0.3, 0.4) is 0 Å². The number of aryl methyl sites for hydroxylation is 1. The van der Waals surface area contributed by atoms with E-state index >= 15 is 0 Å². The van der Waals surface area contributed by atoms with Gasteiger partial charge in [0.1, 0.15) is 11.6 Å². The number of aliphatic hydroxyl groups is 1. The Morgan fingerprint density at radius 1 is 1.17 bits per heavy atom. The third-order valence-corrected chi connectivity index (χ3v) is 8.31. The summed E-state index contributed by atoms with van der Waals surface area (Å²) in [7, 11) is 0. The molecular weight excluding hydrogens is 456 g/mol. The fourth-order valence-electron chi connectivity index (χ4n) is 7.23. The maximum Gasteiger partial charge on any atom is 0.432 e. The summed E-state index contributed by atoms with van der Waals surface area (Å²) in [4.78, 5) is 23.4. The standard InChI is InChI=1S/C27H34N6O3/c1-15-8-22(31-33(15)25(34)35)32(26(2,3)4)21-11-20-19(6-5-7-28-20)24(29-21)30-23-17-9-16-10-18(23)14-27(36,12-16)13-17/h5-8,11,16-18,23,36H,9-10,12-14H2,1-4H3,(H,29,30)(H,34,35). The van der Waals surface area contributed by atoms with E-state index in [4.69, 9.17) is 4.98 Å². The summed E-state index contributed by atoms with van der Waals surface area (Å²) in [5.74, 6) is 3.47. The molecule has 0 aromatic carbocycles. The van der Waals surface area contributed by atoms with Crippen LogP contribution in [0.5, 0.6) is 0 Å². The molecule has 0 amide bonds. The Hall–Kier alpha value is -3.20. The number of nitrogens with zero attached hydrogens (tertiary/aromatic N) is 5. The maximum atomic E-state index is 11.7. The van der Waals surface area contributed by atoms with Gasteiger partial charge in [-0.15, -0.1) is 5.10 Å². The Morgan fingerprint density at radius 3 is 2.50 bits per heavy atom. The van der Waals surface area contributed by atoms with Gasteiger partial charge in [0.15, 0.2) is 5.82 Å². The third kappa shape index (κ3) is 3.80. The number of pyridine rings is 2. The molecule has 36 heavy (non-hydrogen) atoms. The predicted octanol–water partition coefficient (Wildman–Crippen LogP) is 4.95. The van der Waals surface area contributed by atoms with Crippen LogP contribution < -0.4 is 10.2 Å². The Bertz CT molecular complexity index is 1330. The molecular formula is C27H34N6O3. The second kappa shape index (κ2) is 7.90. The number of anilines is 3. The highest BCUT2D eigenvalue weighted by Gasteiger charge is 2.54. The number of aromatic nitrogens is 4. The average molecular weight is 491 g/mol. The molecule has 2 unspecified atom stereocenters. The van der Waals surface area contributed by atoms with Crippen LogP contribution in [0.4, 0.5) is 22.2 Å². The smallest absolute Gasteiger partial charge is 0.432 e. The topological polar surface area (TPSA) is 116 Å². The molecule has 3 aromatic rings. The van der Waals surface area contributed by atoms with Crippen LogP contribution in [0, 0.1) is 24.7 Å². The van der Waals surface area contributed by atoms with Gasteiger partial charge in [-0.25, -0.2) is 9.78 Å². The Labute approximate surface area is 210 Å². The first-order valence-electron chi connectivity index (χ1n) is 12.9. The van der Waals surface area contributed by atoms with Gasteiger partial charge in [0.25, 0.3) is 0 Å². The lowest BCUT2D eigenvalue weighted by molar-refractivity contribution is -0.129. The molecule has 3 heterocycles. The van der Waals surface area contributed by atoms with Crippen molar-refractivity contribution < 1.29 is 15.0 Å². The van der Waals surface area contributed by atoms with Gasteiger partial charge in [-0.3, -0.25) is 4.98 Å². The van der Waals surface area contributed by atoms with E-state index in [1.165, 1.54) is 0 Å². The van der Waals surface area contributed by atoms with Gasteiger partial charge in [0.05, 0.1) is 11.1 Å². The number of rotatable bonds is 4. The van der Waals surface area contributed by atoms with E-state index in [0.29, 0.717) is 35.1 Å². The first-order chi connectivity index (χ1) is 17.0. The van der Waals surface area contributed by atoms with Gasteiger partial charge in [0.2, 0.25) is 0 Å². The summed E-state index contributed by atoms with van der Waals surface area (Å²) in [6.07, 6.45) is 5.64. The molecule has 0 radical (unpaired) electrons. The Balaban J connectivity index is 1.43. The minimum atomic E-state index is -1.12. The van der Waals surface area contributed by atoms with Crippen molar-refractivity contribution in [1.29, 1.82) is 0 Å². The normalized spacial score (nSPS) is 29.0. The second-order valence-corrected chi connectivity index (χ2v) is 12.1. The predicted molar refractivity (Wildman–Crippen MR) is 138 cm³/mol. The molecule has 4 fully saturated rings. The molecule has 2 atom stereocenters. The summed E-state index contributed by atoms with van der Waals surface area (Å²) in [5.41, 5.74) is 0.437. The van der Waals surface area contributed by atoms with E-state index in [0.717, 1.165) is 53.5 Å². The second-order valence-electron chi connectivity index (χ2n) is 12.1. The molecule has 3 aromatic heterocycles. The number of carboxylic acid groups (broad SMARTS) is 1. The lowest BCUT2D eigenvalue weighted by Gasteiger charge is -2.58. The van der Waals surface area contributed by atoms with Crippen molar-refractivity contribution in [2.24, 2.45) is 17.8 Å². The molecule has 0 spiro atoms. The van der Waals surface area contributed by atoms with Gasteiger partial charge in [-0.2, -0.15) is 4.68 Å². The molecule has 3 N–H and O–H groups in total. The lowest BCUT2D eigenvalue weighted by Crippen LogP contribution is -2.59. The van der Waals surface area contributed by atoms with Crippen LogP contribution in [0.2, 0.25) is 0 Å². The van der Waals surface area contributed by atoms with E-state index in [1.807, 2.05) is 23.1 Å². The van der Waals surface area contributed by atoms with E-state index in [2.05, 4.69) is 36.2 Å². The highest BCUT2D eigenvalue weighted by atomic mass is 16.4. The number of hydrogen-bond donors (Lipinski definition) is 3. The van der Waals surface area contributed by atoms with E-state index < -0.39 is 17.2 Å². The molecule has 4 bridgehead atoms. The van der Waals surface area contributed by atoms with E-state index in [-0.39, 0.29) is 6.04 Å². The van der Waals surface area contributed by atoms with Crippen molar-refractivity contribution in [3.8, 4) is 0 Å². The molecule has 4 aliphatic carbocycles. The first-order valence-corrected chi connectivity index (χ1v) is 12.9. The van der Waals surface area contributed by atoms with Crippen molar-refractivity contribution in [3.05, 3.63) is 36.2 Å². The Kier molecular flexibility index (Phi) is 5.09. The van der Waals surface area contributed by atoms with E-state index in [9.17, 15) is 15.0 Å². The minimum Gasteiger partial charge on any atom is -0.463 e. The maximum absolute atomic E-state index is 11.7. The lowest BCUT2D eigenvalue weighted by atomic mass is 9.52.